The van der Waals surface area contributed by atoms with Crippen LogP contribution in [-0.2, 0) is 6.61 Å². The van der Waals surface area contributed by atoms with Gasteiger partial charge in [0.15, 0.2) is 11.6 Å². The lowest BCUT2D eigenvalue weighted by molar-refractivity contribution is -0.387. The van der Waals surface area contributed by atoms with E-state index in [0.29, 0.717) is 5.56 Å². The van der Waals surface area contributed by atoms with E-state index in [9.17, 15) is 18.9 Å². The minimum Gasteiger partial charge on any atom is -0.483 e. The van der Waals surface area contributed by atoms with Crippen LogP contribution >= 0.6 is 0 Å². The van der Waals surface area contributed by atoms with Gasteiger partial charge in [0.25, 0.3) is 0 Å². The Morgan fingerprint density at radius 2 is 1.85 bits per heavy atom. The molecule has 0 aliphatic rings. The van der Waals surface area contributed by atoms with Gasteiger partial charge in [-0.05, 0) is 18.1 Å². The number of halogens is 2. The van der Waals surface area contributed by atoms with Gasteiger partial charge in [-0.3, -0.25) is 10.1 Å². The number of nitro groups is 1. The number of benzene rings is 2. The Balaban J connectivity index is 2.33. The fourth-order valence-electron chi connectivity index (χ4n) is 1.71. The van der Waals surface area contributed by atoms with Crippen LogP contribution in [0.4, 0.5) is 14.5 Å². The molecule has 4 nitrogen and oxygen atoms in total. The minimum absolute atomic E-state index is 0.0406. The van der Waals surface area contributed by atoms with E-state index in [2.05, 4.69) is 0 Å². The van der Waals surface area contributed by atoms with Crippen LogP contribution in [0.3, 0.4) is 0 Å². The second-order valence-corrected chi connectivity index (χ2v) is 4.20. The average Bonchev–Trinajstić information content (AvgIpc) is 2.43. The first-order valence-electron chi connectivity index (χ1n) is 5.80. The second-order valence-electron chi connectivity index (χ2n) is 4.20. The molecule has 0 radical (unpaired) electrons. The maximum Gasteiger partial charge on any atom is 0.309 e. The van der Waals surface area contributed by atoms with Gasteiger partial charge in [0, 0.05) is 6.07 Å². The molecule has 0 amide bonds. The van der Waals surface area contributed by atoms with Crippen LogP contribution < -0.4 is 4.74 Å². The van der Waals surface area contributed by atoms with Crippen molar-refractivity contribution in [3.8, 4) is 5.75 Å². The number of nitro benzene ring substituents is 1. The van der Waals surface area contributed by atoms with Crippen molar-refractivity contribution in [2.75, 3.05) is 0 Å². The van der Waals surface area contributed by atoms with Crippen molar-refractivity contribution in [2.45, 2.75) is 13.5 Å². The molecule has 104 valence electrons. The molecule has 0 unspecified atom stereocenters. The maximum atomic E-state index is 13.9. The third-order valence-electron chi connectivity index (χ3n) is 2.75. The predicted octanol–water partition coefficient (Wildman–Crippen LogP) is 3.76. The molecular weight excluding hydrogens is 268 g/mol. The molecule has 0 atom stereocenters. The summed E-state index contributed by atoms with van der Waals surface area (Å²) >= 11 is 0. The summed E-state index contributed by atoms with van der Waals surface area (Å²) in [5.74, 6) is -2.95. The predicted molar refractivity (Wildman–Crippen MR) is 68.5 cm³/mol. The molecule has 0 fully saturated rings. The van der Waals surface area contributed by atoms with Gasteiger partial charge in [0.2, 0.25) is 5.82 Å². The Labute approximate surface area is 113 Å². The van der Waals surface area contributed by atoms with Gasteiger partial charge >= 0.3 is 5.69 Å². The van der Waals surface area contributed by atoms with Crippen molar-refractivity contribution >= 4 is 5.69 Å². The summed E-state index contributed by atoms with van der Waals surface area (Å²) in [7, 11) is 0. The highest BCUT2D eigenvalue weighted by Gasteiger charge is 2.25. The van der Waals surface area contributed by atoms with E-state index in [4.69, 9.17) is 4.74 Å². The van der Waals surface area contributed by atoms with Crippen LogP contribution in [-0.4, -0.2) is 4.92 Å². The van der Waals surface area contributed by atoms with Crippen LogP contribution in [0.2, 0.25) is 0 Å². The monoisotopic (exact) mass is 279 g/mol. The number of rotatable bonds is 4. The Morgan fingerprint density at radius 1 is 1.20 bits per heavy atom. The summed E-state index contributed by atoms with van der Waals surface area (Å²) in [6.45, 7) is 1.24. The number of hydrogen-bond donors (Lipinski definition) is 0. The van der Waals surface area contributed by atoms with Gasteiger partial charge in [-0.2, -0.15) is 4.39 Å². The van der Waals surface area contributed by atoms with Crippen molar-refractivity contribution in [2.24, 2.45) is 0 Å². The Morgan fingerprint density at radius 3 is 2.45 bits per heavy atom. The third kappa shape index (κ3) is 2.74. The number of hydrogen-bond acceptors (Lipinski definition) is 3. The highest BCUT2D eigenvalue weighted by molar-refractivity contribution is 5.45. The lowest BCUT2D eigenvalue weighted by Crippen LogP contribution is -2.04. The molecule has 20 heavy (non-hydrogen) atoms. The highest BCUT2D eigenvalue weighted by Crippen LogP contribution is 2.32. The summed E-state index contributed by atoms with van der Waals surface area (Å²) in [5, 5.41) is 10.7. The van der Waals surface area contributed by atoms with Crippen LogP contribution in [0.25, 0.3) is 0 Å². The Kier molecular flexibility index (Phi) is 3.93. The van der Waals surface area contributed by atoms with E-state index >= 15 is 0 Å². The average molecular weight is 279 g/mol. The quantitative estimate of drug-likeness (QED) is 0.632. The smallest absolute Gasteiger partial charge is 0.309 e. The first kappa shape index (κ1) is 13.9. The molecule has 0 saturated carbocycles. The largest absolute Gasteiger partial charge is 0.483 e. The molecule has 2 rings (SSSR count). The van der Waals surface area contributed by atoms with Gasteiger partial charge in [0.05, 0.1) is 4.92 Å². The van der Waals surface area contributed by atoms with Crippen LogP contribution in [0.15, 0.2) is 36.4 Å². The van der Waals surface area contributed by atoms with E-state index in [0.717, 1.165) is 6.07 Å². The van der Waals surface area contributed by atoms with Crippen molar-refractivity contribution in [1.29, 1.82) is 0 Å². The van der Waals surface area contributed by atoms with Gasteiger partial charge in [-0.15, -0.1) is 0 Å². The number of aryl methyl sites for hydroxylation is 1. The van der Waals surface area contributed by atoms with Gasteiger partial charge in [-0.25, -0.2) is 4.39 Å². The molecule has 0 aromatic heterocycles. The van der Waals surface area contributed by atoms with Gasteiger partial charge in [-0.1, -0.05) is 30.3 Å². The fraction of sp³-hybridized carbons (Fsp3) is 0.143. The number of nitrogens with zero attached hydrogens (tertiary/aromatic N) is 1. The summed E-state index contributed by atoms with van der Waals surface area (Å²) in [5.41, 5.74) is -0.136. The Bertz CT molecular complexity index is 645. The summed E-state index contributed by atoms with van der Waals surface area (Å²) in [4.78, 5) is 9.79. The zero-order valence-corrected chi connectivity index (χ0v) is 10.6. The van der Waals surface area contributed by atoms with Crippen molar-refractivity contribution in [1.82, 2.24) is 0 Å². The molecule has 0 N–H and O–H groups in total. The molecule has 2 aromatic rings. The zero-order chi connectivity index (χ0) is 14.7. The van der Waals surface area contributed by atoms with Crippen LogP contribution in [0, 0.1) is 28.7 Å². The lowest BCUT2D eigenvalue weighted by Gasteiger charge is -2.10. The van der Waals surface area contributed by atoms with E-state index in [1.807, 2.05) is 0 Å². The zero-order valence-electron chi connectivity index (χ0n) is 10.6. The third-order valence-corrected chi connectivity index (χ3v) is 2.75. The van der Waals surface area contributed by atoms with Crippen molar-refractivity contribution in [3.63, 3.8) is 0 Å². The maximum absolute atomic E-state index is 13.9. The van der Waals surface area contributed by atoms with Crippen molar-refractivity contribution < 1.29 is 18.4 Å². The number of ether oxygens (including phenoxy) is 1. The van der Waals surface area contributed by atoms with Crippen molar-refractivity contribution in [3.05, 3.63) is 69.3 Å². The van der Waals surface area contributed by atoms with E-state index in [1.54, 1.807) is 30.3 Å². The second kappa shape index (κ2) is 5.64. The molecule has 0 saturated heterocycles. The van der Waals surface area contributed by atoms with E-state index < -0.39 is 28.0 Å². The SMILES string of the molecule is Cc1cc([N+](=O)[O-])c(F)c(OCc2ccccc2)c1F. The summed E-state index contributed by atoms with van der Waals surface area (Å²) in [6.07, 6.45) is 0. The highest BCUT2D eigenvalue weighted by atomic mass is 19.1. The molecule has 6 heteroatoms. The van der Waals surface area contributed by atoms with Gasteiger partial charge in [0.1, 0.15) is 6.61 Å². The Hall–Kier alpha value is -2.50. The summed E-state index contributed by atoms with van der Waals surface area (Å²) in [6, 6.07) is 9.59. The lowest BCUT2D eigenvalue weighted by atomic mass is 10.2. The van der Waals surface area contributed by atoms with E-state index in [-0.39, 0.29) is 12.2 Å². The molecule has 0 heterocycles. The van der Waals surface area contributed by atoms with Crippen LogP contribution in [0.5, 0.6) is 5.75 Å². The normalized spacial score (nSPS) is 10.3. The topological polar surface area (TPSA) is 52.4 Å². The standard InChI is InChI=1S/C14H11F2NO3/c1-9-7-11(17(18)19)13(16)14(12(9)15)20-8-10-5-3-2-4-6-10/h2-7H,8H2,1H3. The first-order valence-corrected chi connectivity index (χ1v) is 5.80. The van der Waals surface area contributed by atoms with Crippen LogP contribution in [0.1, 0.15) is 11.1 Å². The first-order chi connectivity index (χ1) is 9.50. The molecule has 0 bridgehead atoms. The van der Waals surface area contributed by atoms with Gasteiger partial charge < -0.3 is 4.74 Å². The fourth-order valence-corrected chi connectivity index (χ4v) is 1.71. The van der Waals surface area contributed by atoms with E-state index in [1.165, 1.54) is 6.92 Å². The molecular formula is C14H11F2NO3. The molecule has 0 aliphatic heterocycles. The minimum atomic E-state index is -1.30. The molecule has 0 spiro atoms. The molecule has 0 aliphatic carbocycles. The summed E-state index contributed by atoms with van der Waals surface area (Å²) < 4.78 is 32.8. The molecule has 2 aromatic carbocycles.